The second kappa shape index (κ2) is 8.32. The number of fused-ring (bicyclic) bond motifs is 3. The zero-order valence-electron chi connectivity index (χ0n) is 19.0. The van der Waals surface area contributed by atoms with Crippen LogP contribution in [0.15, 0.2) is 42.0 Å². The summed E-state index contributed by atoms with van der Waals surface area (Å²) in [7, 11) is 1.59. The lowest BCUT2D eigenvalue weighted by molar-refractivity contribution is -0.202. The van der Waals surface area contributed by atoms with Gasteiger partial charge in [-0.25, -0.2) is 0 Å². The topological polar surface area (TPSA) is 79.2 Å². The summed E-state index contributed by atoms with van der Waals surface area (Å²) >= 11 is 0. The predicted molar refractivity (Wildman–Crippen MR) is 117 cm³/mol. The van der Waals surface area contributed by atoms with E-state index in [-0.39, 0.29) is 11.9 Å². The maximum atomic E-state index is 13.2. The predicted octanol–water partition coefficient (Wildman–Crippen LogP) is 2.47. The molecule has 1 aromatic carbocycles. The molecular formula is C25H35NO5. The zero-order chi connectivity index (χ0) is 22.4. The Labute approximate surface area is 184 Å². The molecule has 0 radical (unpaired) electrons. The highest BCUT2D eigenvalue weighted by Crippen LogP contribution is 2.55. The van der Waals surface area contributed by atoms with Gasteiger partial charge in [0.15, 0.2) is 0 Å². The van der Waals surface area contributed by atoms with E-state index >= 15 is 0 Å². The minimum atomic E-state index is -1.04. The summed E-state index contributed by atoms with van der Waals surface area (Å²) < 4.78 is 11.8. The van der Waals surface area contributed by atoms with Crippen molar-refractivity contribution < 1.29 is 24.5 Å². The Morgan fingerprint density at radius 3 is 2.68 bits per heavy atom. The maximum absolute atomic E-state index is 13.2. The van der Waals surface area contributed by atoms with Crippen molar-refractivity contribution >= 4 is 5.97 Å². The van der Waals surface area contributed by atoms with E-state index < -0.39 is 35.5 Å². The third-order valence-corrected chi connectivity index (χ3v) is 7.70. The number of aliphatic hydroxyl groups is 2. The van der Waals surface area contributed by atoms with E-state index in [4.69, 9.17) is 9.47 Å². The fourth-order valence-electron chi connectivity index (χ4n) is 6.19. The number of rotatable bonds is 5. The summed E-state index contributed by atoms with van der Waals surface area (Å²) in [4.78, 5) is 15.4. The van der Waals surface area contributed by atoms with Crippen molar-refractivity contribution in [1.29, 1.82) is 0 Å². The highest BCUT2D eigenvalue weighted by atomic mass is 16.6. The highest BCUT2D eigenvalue weighted by molar-refractivity contribution is 5.78. The van der Waals surface area contributed by atoms with Crippen molar-refractivity contribution in [3.63, 3.8) is 0 Å². The second-order valence-corrected chi connectivity index (χ2v) is 9.89. The first-order valence-corrected chi connectivity index (χ1v) is 11.3. The molecule has 2 aliphatic heterocycles. The van der Waals surface area contributed by atoms with E-state index in [1.807, 2.05) is 44.2 Å². The van der Waals surface area contributed by atoms with Crippen LogP contribution >= 0.6 is 0 Å². The summed E-state index contributed by atoms with van der Waals surface area (Å²) in [6.45, 7) is 6.50. The first-order chi connectivity index (χ1) is 14.7. The molecule has 3 fully saturated rings. The number of β-amino-alcohol motifs (C(OH)–C–C–N with tert-alkyl or cyclic N) is 1. The smallest absolute Gasteiger partial charge is 0.324 e. The van der Waals surface area contributed by atoms with Crippen LogP contribution in [-0.4, -0.2) is 70.2 Å². The number of morpholine rings is 1. The van der Waals surface area contributed by atoms with Crippen LogP contribution in [0, 0.1) is 5.92 Å². The van der Waals surface area contributed by atoms with Crippen molar-refractivity contribution in [2.24, 2.45) is 5.92 Å². The number of carbonyl (C=O) groups excluding carboxylic acids is 1. The molecule has 3 aliphatic rings. The Balaban J connectivity index is 1.77. The monoisotopic (exact) mass is 429 g/mol. The van der Waals surface area contributed by atoms with Gasteiger partial charge in [0, 0.05) is 26.0 Å². The zero-order valence-corrected chi connectivity index (χ0v) is 19.0. The molecule has 2 N–H and O–H groups in total. The number of hydrogen-bond donors (Lipinski definition) is 2. The average molecular weight is 430 g/mol. The molecule has 4 rings (SSSR count). The van der Waals surface area contributed by atoms with E-state index in [9.17, 15) is 15.0 Å². The molecule has 170 valence electrons. The lowest BCUT2D eigenvalue weighted by atomic mass is 9.64. The molecule has 0 unspecified atom stereocenters. The van der Waals surface area contributed by atoms with E-state index in [1.54, 1.807) is 7.11 Å². The molecule has 1 aliphatic carbocycles. The molecule has 0 spiro atoms. The molecule has 2 saturated heterocycles. The fraction of sp³-hybridized carbons (Fsp3) is 0.640. The maximum Gasteiger partial charge on any atom is 0.324 e. The van der Waals surface area contributed by atoms with Crippen LogP contribution in [0.5, 0.6) is 0 Å². The van der Waals surface area contributed by atoms with Gasteiger partial charge in [-0.2, -0.15) is 0 Å². The summed E-state index contributed by atoms with van der Waals surface area (Å²) in [5, 5.41) is 22.5. The van der Waals surface area contributed by atoms with Crippen LogP contribution in [0.4, 0.5) is 0 Å². The number of methoxy groups -OCH3 is 1. The van der Waals surface area contributed by atoms with Crippen LogP contribution in [0.3, 0.4) is 0 Å². The average Bonchev–Trinajstić information content (AvgIpc) is 2.99. The summed E-state index contributed by atoms with van der Waals surface area (Å²) in [5.41, 5.74) is 0.509. The van der Waals surface area contributed by atoms with Crippen molar-refractivity contribution in [3.05, 3.63) is 47.5 Å². The Morgan fingerprint density at radius 1 is 1.32 bits per heavy atom. The molecule has 2 heterocycles. The summed E-state index contributed by atoms with van der Waals surface area (Å²) in [5.74, 6) is -0.610. The van der Waals surface area contributed by atoms with E-state index in [0.717, 1.165) is 11.1 Å². The molecule has 1 aromatic rings. The van der Waals surface area contributed by atoms with Gasteiger partial charge >= 0.3 is 5.97 Å². The van der Waals surface area contributed by atoms with Crippen LogP contribution in [-0.2, 0) is 20.7 Å². The van der Waals surface area contributed by atoms with Crippen LogP contribution in [0.1, 0.15) is 45.6 Å². The van der Waals surface area contributed by atoms with Gasteiger partial charge < -0.3 is 19.7 Å². The van der Waals surface area contributed by atoms with Crippen LogP contribution in [0.25, 0.3) is 0 Å². The van der Waals surface area contributed by atoms with Gasteiger partial charge in [0.05, 0.1) is 23.3 Å². The molecule has 6 heteroatoms. The summed E-state index contributed by atoms with van der Waals surface area (Å²) in [6, 6.07) is 9.43. The number of allylic oxidation sites excluding steroid dienone is 1. The van der Waals surface area contributed by atoms with Crippen molar-refractivity contribution in [1.82, 2.24) is 4.90 Å². The van der Waals surface area contributed by atoms with Crippen molar-refractivity contribution in [3.8, 4) is 0 Å². The quantitative estimate of drug-likeness (QED) is 0.553. The number of cyclic esters (lactones) is 1. The standard InChI is InChI=1S/C25H35NO5/c1-16(2)10-11-20-24(3)22-21(30-4)19(27)12-13-25(22,29)15-26(24)18(23(28)31-20)14-17-8-6-5-7-9-17/h5-10,18-22,27,29H,11-15H2,1-4H3/t18-,19+,20+,21+,22+,24+,25-/m0/s1. The molecule has 0 aromatic heterocycles. The number of hydrogen-bond acceptors (Lipinski definition) is 6. The number of benzene rings is 1. The lowest BCUT2D eigenvalue weighted by Gasteiger charge is -2.54. The van der Waals surface area contributed by atoms with Gasteiger partial charge in [0.2, 0.25) is 0 Å². The normalized spacial score (nSPS) is 40.1. The van der Waals surface area contributed by atoms with Crippen molar-refractivity contribution in [2.75, 3.05) is 13.7 Å². The molecule has 31 heavy (non-hydrogen) atoms. The van der Waals surface area contributed by atoms with Gasteiger partial charge in [-0.1, -0.05) is 42.0 Å². The molecule has 0 bridgehead atoms. The molecule has 7 atom stereocenters. The number of ether oxygens (including phenoxy) is 2. The van der Waals surface area contributed by atoms with Gasteiger partial charge in [-0.3, -0.25) is 9.69 Å². The molecular weight excluding hydrogens is 394 g/mol. The number of aliphatic hydroxyl groups excluding tert-OH is 1. The lowest BCUT2D eigenvalue weighted by Crippen LogP contribution is -2.69. The molecule has 6 nitrogen and oxygen atoms in total. The molecule has 0 amide bonds. The number of nitrogens with zero attached hydrogens (tertiary/aromatic N) is 1. The van der Waals surface area contributed by atoms with Gasteiger partial charge in [0.1, 0.15) is 12.1 Å². The van der Waals surface area contributed by atoms with E-state index in [1.165, 1.54) is 0 Å². The van der Waals surface area contributed by atoms with Crippen LogP contribution < -0.4 is 0 Å². The van der Waals surface area contributed by atoms with Gasteiger partial charge in [-0.15, -0.1) is 0 Å². The minimum Gasteiger partial charge on any atom is -0.459 e. The number of esters is 1. The first kappa shape index (κ1) is 22.5. The fourth-order valence-corrected chi connectivity index (χ4v) is 6.19. The third kappa shape index (κ3) is 3.74. The van der Waals surface area contributed by atoms with Gasteiger partial charge in [0.25, 0.3) is 0 Å². The SMILES string of the molecule is CO[C@@H]1[C@H](O)CC[C@]2(O)CN3[C@@H](Cc4ccccc4)C(=O)O[C@H](CC=C(C)C)[C@]3(C)[C@@H]12. The Morgan fingerprint density at radius 2 is 2.03 bits per heavy atom. The Kier molecular flexibility index (Phi) is 6.03. The number of carbonyl (C=O) groups is 1. The highest BCUT2D eigenvalue weighted by Gasteiger charge is 2.70. The molecule has 1 saturated carbocycles. The van der Waals surface area contributed by atoms with Gasteiger partial charge in [-0.05, 0) is 45.6 Å². The van der Waals surface area contributed by atoms with E-state index in [0.29, 0.717) is 32.2 Å². The first-order valence-electron chi connectivity index (χ1n) is 11.3. The Bertz CT molecular complexity index is 838. The summed E-state index contributed by atoms with van der Waals surface area (Å²) in [6.07, 6.45) is 2.53. The second-order valence-electron chi connectivity index (χ2n) is 9.89. The van der Waals surface area contributed by atoms with Crippen LogP contribution in [0.2, 0.25) is 0 Å². The Hall–Kier alpha value is -1.73. The largest absolute Gasteiger partial charge is 0.459 e. The van der Waals surface area contributed by atoms with Crippen molar-refractivity contribution in [2.45, 2.75) is 81.9 Å². The minimum absolute atomic E-state index is 0.245. The van der Waals surface area contributed by atoms with E-state index in [2.05, 4.69) is 17.9 Å². The third-order valence-electron chi connectivity index (χ3n) is 7.70.